The molecule has 1 N–H and O–H groups in total. The molecule has 7 nitrogen and oxygen atoms in total. The number of thiazole rings is 1. The molecule has 1 unspecified atom stereocenters. The van der Waals surface area contributed by atoms with Gasteiger partial charge in [0.05, 0.1) is 12.0 Å². The lowest BCUT2D eigenvalue weighted by molar-refractivity contribution is -0.119. The van der Waals surface area contributed by atoms with E-state index in [1.807, 2.05) is 6.07 Å². The number of amides is 2. The Labute approximate surface area is 184 Å². The van der Waals surface area contributed by atoms with Crippen LogP contribution in [0.4, 0.5) is 5.13 Å². The molecule has 4 heterocycles. The first-order valence-electron chi connectivity index (χ1n) is 10.6. The predicted octanol–water partition coefficient (Wildman–Crippen LogP) is 3.54. The largest absolute Gasteiger partial charge is 0.459 e. The molecule has 5 rings (SSSR count). The monoisotopic (exact) mass is 436 g/mol. The summed E-state index contributed by atoms with van der Waals surface area (Å²) in [5.41, 5.74) is 2.37. The predicted molar refractivity (Wildman–Crippen MR) is 118 cm³/mol. The maximum atomic E-state index is 12.9. The van der Waals surface area contributed by atoms with Gasteiger partial charge < -0.3 is 14.6 Å². The fourth-order valence-electron chi connectivity index (χ4n) is 4.29. The zero-order valence-corrected chi connectivity index (χ0v) is 17.9. The number of anilines is 1. The van der Waals surface area contributed by atoms with Crippen molar-refractivity contribution in [1.29, 1.82) is 0 Å². The van der Waals surface area contributed by atoms with Crippen LogP contribution in [-0.2, 0) is 24.3 Å². The van der Waals surface area contributed by atoms with Crippen molar-refractivity contribution >= 4 is 28.3 Å². The average Bonchev–Trinajstić information content (AvgIpc) is 3.53. The molecule has 2 aromatic heterocycles. The zero-order valence-electron chi connectivity index (χ0n) is 17.1. The topological polar surface area (TPSA) is 78.7 Å². The van der Waals surface area contributed by atoms with Gasteiger partial charge in [-0.2, -0.15) is 0 Å². The smallest absolute Gasteiger partial charge is 0.290 e. The SMILES string of the molecule is O=C(Nc1nc2c(s1)CN(Cc1ccccc1)CC2)C1CCCN1C(=O)c1ccco1. The van der Waals surface area contributed by atoms with E-state index in [0.29, 0.717) is 18.1 Å². The van der Waals surface area contributed by atoms with Crippen LogP contribution in [0.2, 0.25) is 0 Å². The summed E-state index contributed by atoms with van der Waals surface area (Å²) in [7, 11) is 0. The van der Waals surface area contributed by atoms with E-state index in [1.165, 1.54) is 28.0 Å². The number of rotatable bonds is 5. The first-order chi connectivity index (χ1) is 15.2. The minimum Gasteiger partial charge on any atom is -0.459 e. The highest BCUT2D eigenvalue weighted by molar-refractivity contribution is 7.15. The number of hydrogen-bond donors (Lipinski definition) is 1. The van der Waals surface area contributed by atoms with Crippen molar-refractivity contribution in [3.05, 3.63) is 70.6 Å². The molecule has 31 heavy (non-hydrogen) atoms. The number of carbonyl (C=O) groups excluding carboxylic acids is 2. The minimum absolute atomic E-state index is 0.176. The molecule has 2 aliphatic heterocycles. The van der Waals surface area contributed by atoms with Crippen LogP contribution in [0, 0.1) is 0 Å². The Morgan fingerprint density at radius 2 is 2.03 bits per heavy atom. The Morgan fingerprint density at radius 1 is 1.16 bits per heavy atom. The second-order valence-electron chi connectivity index (χ2n) is 7.96. The van der Waals surface area contributed by atoms with Crippen LogP contribution in [0.3, 0.4) is 0 Å². The standard InChI is InChI=1S/C23H24N4O3S/c28-21(18-8-4-11-27(18)22(29)19-9-5-13-30-19)25-23-24-17-10-12-26(15-20(17)31-23)14-16-6-2-1-3-7-16/h1-3,5-7,9,13,18H,4,8,10-12,14-15H2,(H,24,25,28). The second kappa shape index (κ2) is 8.64. The Balaban J connectivity index is 1.23. The van der Waals surface area contributed by atoms with Crippen LogP contribution in [0.15, 0.2) is 53.1 Å². The maximum Gasteiger partial charge on any atom is 0.290 e. The van der Waals surface area contributed by atoms with Crippen molar-refractivity contribution < 1.29 is 14.0 Å². The number of aromatic nitrogens is 1. The molecule has 0 spiro atoms. The van der Waals surface area contributed by atoms with Gasteiger partial charge in [-0.25, -0.2) is 4.98 Å². The molecule has 2 aliphatic rings. The molecule has 1 aromatic carbocycles. The molecule has 160 valence electrons. The van der Waals surface area contributed by atoms with E-state index in [9.17, 15) is 9.59 Å². The summed E-state index contributed by atoms with van der Waals surface area (Å²) in [6.45, 7) is 3.25. The number of carbonyl (C=O) groups is 2. The van der Waals surface area contributed by atoms with Gasteiger partial charge in [-0.15, -0.1) is 11.3 Å². The van der Waals surface area contributed by atoms with E-state index in [0.717, 1.165) is 38.2 Å². The third-order valence-corrected chi connectivity index (χ3v) is 6.84. The summed E-state index contributed by atoms with van der Waals surface area (Å²) in [6, 6.07) is 13.3. The third-order valence-electron chi connectivity index (χ3n) is 5.84. The summed E-state index contributed by atoms with van der Waals surface area (Å²) in [4.78, 5) is 35.5. The van der Waals surface area contributed by atoms with E-state index < -0.39 is 6.04 Å². The Hall–Kier alpha value is -2.97. The first-order valence-corrected chi connectivity index (χ1v) is 11.4. The summed E-state index contributed by atoms with van der Waals surface area (Å²) >= 11 is 1.54. The van der Waals surface area contributed by atoms with E-state index in [1.54, 1.807) is 17.0 Å². The molecule has 1 saturated heterocycles. The van der Waals surface area contributed by atoms with E-state index in [-0.39, 0.29) is 17.6 Å². The first kappa shape index (κ1) is 20.0. The van der Waals surface area contributed by atoms with Crippen LogP contribution < -0.4 is 5.32 Å². The quantitative estimate of drug-likeness (QED) is 0.662. The number of fused-ring (bicyclic) bond motifs is 1. The van der Waals surface area contributed by atoms with Crippen LogP contribution in [0.1, 0.15) is 39.5 Å². The highest BCUT2D eigenvalue weighted by Crippen LogP contribution is 2.30. The van der Waals surface area contributed by atoms with Gasteiger partial charge in [-0.05, 0) is 30.5 Å². The molecule has 0 bridgehead atoms. The molecular weight excluding hydrogens is 412 g/mol. The van der Waals surface area contributed by atoms with E-state index in [4.69, 9.17) is 4.42 Å². The fourth-order valence-corrected chi connectivity index (χ4v) is 5.34. The number of furan rings is 1. The number of nitrogens with one attached hydrogen (secondary N) is 1. The van der Waals surface area contributed by atoms with Crippen molar-refractivity contribution in [2.75, 3.05) is 18.4 Å². The summed E-state index contributed by atoms with van der Waals surface area (Å²) in [6.07, 6.45) is 3.79. The van der Waals surface area contributed by atoms with Gasteiger partial charge in [0, 0.05) is 37.5 Å². The zero-order chi connectivity index (χ0) is 21.2. The third kappa shape index (κ3) is 4.26. The average molecular weight is 437 g/mol. The molecule has 1 atom stereocenters. The Bertz CT molecular complexity index is 1060. The highest BCUT2D eigenvalue weighted by atomic mass is 32.1. The van der Waals surface area contributed by atoms with Gasteiger partial charge in [0.15, 0.2) is 10.9 Å². The van der Waals surface area contributed by atoms with Gasteiger partial charge in [0.2, 0.25) is 5.91 Å². The van der Waals surface area contributed by atoms with Gasteiger partial charge in [0.25, 0.3) is 5.91 Å². The molecule has 0 radical (unpaired) electrons. The molecule has 2 amide bonds. The fraction of sp³-hybridized carbons (Fsp3) is 0.348. The maximum absolute atomic E-state index is 12.9. The lowest BCUT2D eigenvalue weighted by Crippen LogP contribution is -2.43. The summed E-state index contributed by atoms with van der Waals surface area (Å²) in [5, 5.41) is 3.58. The summed E-state index contributed by atoms with van der Waals surface area (Å²) in [5.74, 6) is -0.148. The van der Waals surface area contributed by atoms with Crippen molar-refractivity contribution in [3.8, 4) is 0 Å². The van der Waals surface area contributed by atoms with Gasteiger partial charge in [-0.3, -0.25) is 14.5 Å². The number of hydrogen-bond acceptors (Lipinski definition) is 6. The lowest BCUT2D eigenvalue weighted by Gasteiger charge is -2.25. The molecular formula is C23H24N4O3S. The van der Waals surface area contributed by atoms with E-state index in [2.05, 4.69) is 39.5 Å². The van der Waals surface area contributed by atoms with Crippen molar-refractivity contribution in [1.82, 2.24) is 14.8 Å². The molecule has 8 heteroatoms. The van der Waals surface area contributed by atoms with Crippen LogP contribution in [0.25, 0.3) is 0 Å². The van der Waals surface area contributed by atoms with Crippen molar-refractivity contribution in [2.45, 2.75) is 38.4 Å². The number of benzene rings is 1. The highest BCUT2D eigenvalue weighted by Gasteiger charge is 2.36. The van der Waals surface area contributed by atoms with Crippen LogP contribution in [-0.4, -0.2) is 45.7 Å². The number of nitrogens with zero attached hydrogens (tertiary/aromatic N) is 3. The van der Waals surface area contributed by atoms with Crippen LogP contribution in [0.5, 0.6) is 0 Å². The Morgan fingerprint density at radius 3 is 2.84 bits per heavy atom. The van der Waals surface area contributed by atoms with Gasteiger partial charge in [0.1, 0.15) is 6.04 Å². The van der Waals surface area contributed by atoms with Crippen molar-refractivity contribution in [2.24, 2.45) is 0 Å². The van der Waals surface area contributed by atoms with Crippen LogP contribution >= 0.6 is 11.3 Å². The molecule has 0 aliphatic carbocycles. The van der Waals surface area contributed by atoms with Crippen molar-refractivity contribution in [3.63, 3.8) is 0 Å². The summed E-state index contributed by atoms with van der Waals surface area (Å²) < 4.78 is 5.22. The normalized spacial score (nSPS) is 18.7. The van der Waals surface area contributed by atoms with Gasteiger partial charge in [-0.1, -0.05) is 30.3 Å². The lowest BCUT2D eigenvalue weighted by atomic mass is 10.1. The molecule has 0 saturated carbocycles. The molecule has 3 aromatic rings. The molecule has 1 fully saturated rings. The second-order valence-corrected chi connectivity index (χ2v) is 9.04. The van der Waals surface area contributed by atoms with Gasteiger partial charge >= 0.3 is 0 Å². The number of likely N-dealkylation sites (tertiary alicyclic amines) is 1. The van der Waals surface area contributed by atoms with E-state index >= 15 is 0 Å². The minimum atomic E-state index is -0.492. The Kier molecular flexibility index (Phi) is 5.57.